The van der Waals surface area contributed by atoms with Gasteiger partial charge in [0.25, 0.3) is 0 Å². The van der Waals surface area contributed by atoms with Crippen LogP contribution in [0.2, 0.25) is 0 Å². The van der Waals surface area contributed by atoms with Crippen molar-refractivity contribution in [2.75, 3.05) is 19.0 Å². The van der Waals surface area contributed by atoms with Crippen LogP contribution in [0.5, 0.6) is 0 Å². The number of anilines is 1. The molecule has 1 atom stereocenters. The van der Waals surface area contributed by atoms with Gasteiger partial charge in [-0.2, -0.15) is 0 Å². The summed E-state index contributed by atoms with van der Waals surface area (Å²) in [4.78, 5) is 2.83. The Kier molecular flexibility index (Phi) is 5.55. The van der Waals surface area contributed by atoms with Crippen molar-refractivity contribution in [2.45, 2.75) is 10.6 Å². The number of nitrogens with zero attached hydrogens (tertiary/aromatic N) is 1. The first-order valence-electron chi connectivity index (χ1n) is 8.48. The van der Waals surface area contributed by atoms with Gasteiger partial charge < -0.3 is 4.90 Å². The first-order valence-corrected chi connectivity index (χ1v) is 10.2. The van der Waals surface area contributed by atoms with E-state index in [2.05, 4.69) is 11.2 Å². The molecule has 130 valence electrons. The highest BCUT2D eigenvalue weighted by Gasteiger charge is 2.30. The summed E-state index contributed by atoms with van der Waals surface area (Å²) in [6.45, 7) is 0. The highest BCUT2D eigenvalue weighted by Crippen LogP contribution is 2.25. The lowest BCUT2D eigenvalue weighted by Gasteiger charge is -2.12. The van der Waals surface area contributed by atoms with Crippen molar-refractivity contribution in [3.8, 4) is 11.2 Å². The summed E-state index contributed by atoms with van der Waals surface area (Å²) >= 11 is 0. The number of hydrogen-bond donors (Lipinski definition) is 0. The standard InChI is InChI=1S/C23H22NOS/c1-24(2)22-15-13-21(14-16-22)19-26(25,23-11-7-4-8-12-23)18-17-20-9-5-3-6-10-20/h3-16H,19H2,1-2H3/q+1. The molecule has 0 amide bonds. The minimum absolute atomic E-state index is 0.407. The van der Waals surface area contributed by atoms with Crippen molar-refractivity contribution in [1.82, 2.24) is 0 Å². The highest BCUT2D eigenvalue weighted by molar-refractivity contribution is 8.06. The molecule has 0 saturated heterocycles. The number of hydrogen-bond acceptors (Lipinski definition) is 2. The van der Waals surface area contributed by atoms with E-state index in [-0.39, 0.29) is 0 Å². The van der Waals surface area contributed by atoms with Crippen LogP contribution < -0.4 is 4.90 Å². The Morgan fingerprint density at radius 3 is 1.96 bits per heavy atom. The molecule has 0 aliphatic heterocycles. The van der Waals surface area contributed by atoms with Gasteiger partial charge in [0, 0.05) is 30.9 Å². The van der Waals surface area contributed by atoms with Crippen LogP contribution in [0.4, 0.5) is 5.69 Å². The third kappa shape index (κ3) is 4.41. The van der Waals surface area contributed by atoms with Crippen LogP contribution in [0.1, 0.15) is 11.1 Å². The lowest BCUT2D eigenvalue weighted by molar-refractivity contribution is 0.590. The van der Waals surface area contributed by atoms with Crippen LogP contribution >= 0.6 is 0 Å². The van der Waals surface area contributed by atoms with E-state index in [4.69, 9.17) is 0 Å². The Hall–Kier alpha value is -2.83. The molecule has 0 heterocycles. The van der Waals surface area contributed by atoms with E-state index >= 15 is 0 Å². The Labute approximate surface area is 156 Å². The maximum atomic E-state index is 13.8. The molecule has 0 radical (unpaired) electrons. The van der Waals surface area contributed by atoms with Gasteiger partial charge in [0.1, 0.15) is 0 Å². The number of rotatable bonds is 4. The van der Waals surface area contributed by atoms with Crippen molar-refractivity contribution in [1.29, 1.82) is 0 Å². The predicted molar refractivity (Wildman–Crippen MR) is 111 cm³/mol. The second-order valence-electron chi connectivity index (χ2n) is 6.29. The minimum Gasteiger partial charge on any atom is -0.378 e. The molecule has 26 heavy (non-hydrogen) atoms. The van der Waals surface area contributed by atoms with Gasteiger partial charge in [-0.25, -0.2) is 0 Å². The van der Waals surface area contributed by atoms with Gasteiger partial charge in [-0.1, -0.05) is 52.7 Å². The van der Waals surface area contributed by atoms with Crippen LogP contribution in [-0.2, 0) is 19.9 Å². The maximum absolute atomic E-state index is 13.8. The second-order valence-corrected chi connectivity index (χ2v) is 8.60. The molecular weight excluding hydrogens is 338 g/mol. The quantitative estimate of drug-likeness (QED) is 0.491. The van der Waals surface area contributed by atoms with Crippen LogP contribution in [0, 0.1) is 11.2 Å². The number of benzene rings is 3. The second kappa shape index (κ2) is 8.03. The van der Waals surface area contributed by atoms with Gasteiger partial charge in [-0.05, 0) is 42.3 Å². The largest absolute Gasteiger partial charge is 0.378 e. The average molecular weight is 361 g/mol. The van der Waals surface area contributed by atoms with Crippen LogP contribution in [-0.4, -0.2) is 14.1 Å². The molecule has 0 saturated carbocycles. The fourth-order valence-electron chi connectivity index (χ4n) is 2.61. The van der Waals surface area contributed by atoms with Crippen molar-refractivity contribution < 1.29 is 4.21 Å². The molecule has 3 aromatic carbocycles. The highest BCUT2D eigenvalue weighted by atomic mass is 32.2. The van der Waals surface area contributed by atoms with E-state index in [9.17, 15) is 4.21 Å². The van der Waals surface area contributed by atoms with E-state index in [1.54, 1.807) is 0 Å². The fourth-order valence-corrected chi connectivity index (χ4v) is 4.50. The van der Waals surface area contributed by atoms with E-state index in [0.29, 0.717) is 5.75 Å². The summed E-state index contributed by atoms with van der Waals surface area (Å²) in [5.41, 5.74) is 3.02. The van der Waals surface area contributed by atoms with Gasteiger partial charge in [0.2, 0.25) is 0 Å². The first-order chi connectivity index (χ1) is 12.6. The zero-order chi connectivity index (χ0) is 18.4. The molecule has 2 nitrogen and oxygen atoms in total. The summed E-state index contributed by atoms with van der Waals surface area (Å²) in [6.07, 6.45) is 0. The van der Waals surface area contributed by atoms with Gasteiger partial charge in [0.15, 0.2) is 25.8 Å². The Morgan fingerprint density at radius 2 is 1.38 bits per heavy atom. The van der Waals surface area contributed by atoms with E-state index in [1.807, 2.05) is 104 Å². The van der Waals surface area contributed by atoms with Gasteiger partial charge in [-0.15, -0.1) is 0 Å². The zero-order valence-corrected chi connectivity index (χ0v) is 15.9. The Balaban J connectivity index is 1.96. The molecule has 3 aromatic rings. The van der Waals surface area contributed by atoms with Crippen LogP contribution in [0.15, 0.2) is 89.8 Å². The molecular formula is C23H22NOS+. The molecule has 0 aromatic heterocycles. The van der Waals surface area contributed by atoms with Crippen molar-refractivity contribution in [3.63, 3.8) is 0 Å². The molecule has 3 rings (SSSR count). The van der Waals surface area contributed by atoms with Gasteiger partial charge in [0.05, 0.1) is 0 Å². The smallest absolute Gasteiger partial charge is 0.197 e. The summed E-state index contributed by atoms with van der Waals surface area (Å²) in [5.74, 6) is 3.51. The molecule has 0 N–H and O–H groups in total. The van der Waals surface area contributed by atoms with Gasteiger partial charge in [-0.3, -0.25) is 0 Å². The van der Waals surface area contributed by atoms with E-state index in [0.717, 1.165) is 21.7 Å². The Morgan fingerprint density at radius 1 is 0.808 bits per heavy atom. The van der Waals surface area contributed by atoms with E-state index in [1.165, 1.54) is 0 Å². The lowest BCUT2D eigenvalue weighted by atomic mass is 10.2. The monoisotopic (exact) mass is 360 g/mol. The fraction of sp³-hybridized carbons (Fsp3) is 0.130. The molecule has 1 unspecified atom stereocenters. The summed E-state index contributed by atoms with van der Waals surface area (Å²) < 4.78 is 13.8. The molecule has 0 aliphatic rings. The molecule has 0 aliphatic carbocycles. The molecule has 0 spiro atoms. The SMILES string of the molecule is CN(C)c1ccc(C[S+](=O)(C#Cc2ccccc2)c2ccccc2)cc1. The average Bonchev–Trinajstić information content (AvgIpc) is 2.68. The minimum atomic E-state index is -2.53. The third-order valence-corrected chi connectivity index (χ3v) is 6.29. The summed E-state index contributed by atoms with van der Waals surface area (Å²) in [7, 11) is 1.49. The molecule has 0 bridgehead atoms. The van der Waals surface area contributed by atoms with Crippen LogP contribution in [0.3, 0.4) is 0 Å². The third-order valence-electron chi connectivity index (χ3n) is 4.08. The van der Waals surface area contributed by atoms with Crippen molar-refractivity contribution >= 4 is 15.6 Å². The predicted octanol–water partition coefficient (Wildman–Crippen LogP) is 4.82. The summed E-state index contributed by atoms with van der Waals surface area (Å²) in [6, 6.07) is 27.4. The van der Waals surface area contributed by atoms with Crippen molar-refractivity contribution in [3.05, 3.63) is 96.1 Å². The maximum Gasteiger partial charge on any atom is 0.197 e. The van der Waals surface area contributed by atoms with E-state index < -0.39 is 9.93 Å². The van der Waals surface area contributed by atoms with Gasteiger partial charge >= 0.3 is 0 Å². The first kappa shape index (κ1) is 18.0. The van der Waals surface area contributed by atoms with Crippen molar-refractivity contribution in [2.24, 2.45) is 0 Å². The zero-order valence-electron chi connectivity index (χ0n) is 15.1. The lowest BCUT2D eigenvalue weighted by Crippen LogP contribution is -2.12. The normalized spacial score (nSPS) is 12.5. The molecule has 3 heteroatoms. The van der Waals surface area contributed by atoms with Crippen LogP contribution in [0.25, 0.3) is 0 Å². The Bertz CT molecular complexity index is 952. The molecule has 0 fully saturated rings. The topological polar surface area (TPSA) is 20.3 Å². The summed E-state index contributed by atoms with van der Waals surface area (Å²) in [5, 5.41) is 3.08.